The van der Waals surface area contributed by atoms with E-state index in [1.807, 2.05) is 12.1 Å². The van der Waals surface area contributed by atoms with Crippen LogP contribution in [-0.2, 0) is 11.2 Å². The summed E-state index contributed by atoms with van der Waals surface area (Å²) in [7, 11) is 0. The maximum absolute atomic E-state index is 10.00. The fraction of sp³-hybridized carbons (Fsp3) is 0.300. The second kappa shape index (κ2) is 4.54. The van der Waals surface area contributed by atoms with Gasteiger partial charge in [0.2, 0.25) is 6.41 Å². The van der Waals surface area contributed by atoms with Crippen molar-refractivity contribution in [3.05, 3.63) is 24.2 Å². The molecule has 0 spiro atoms. The van der Waals surface area contributed by atoms with E-state index >= 15 is 0 Å². The summed E-state index contributed by atoms with van der Waals surface area (Å²) >= 11 is 0. The molecule has 0 unspecified atom stereocenters. The molecule has 0 saturated carbocycles. The van der Waals surface area contributed by atoms with E-state index in [2.05, 4.69) is 15.3 Å². The molecule has 5 heteroatoms. The van der Waals surface area contributed by atoms with Crippen molar-refractivity contribution in [3.63, 3.8) is 0 Å². The topological polar surface area (TPSA) is 68.0 Å². The molecule has 5 nitrogen and oxygen atoms in total. The number of rotatable bonds is 5. The van der Waals surface area contributed by atoms with Crippen LogP contribution in [0.1, 0.15) is 12.3 Å². The first-order valence-electron chi connectivity index (χ1n) is 4.77. The van der Waals surface area contributed by atoms with Gasteiger partial charge >= 0.3 is 0 Å². The Balaban J connectivity index is 1.99. The molecule has 0 saturated heterocycles. The largest absolute Gasteiger partial charge is 0.439 e. The van der Waals surface area contributed by atoms with Gasteiger partial charge in [-0.05, 0) is 18.6 Å². The molecule has 1 N–H and O–H groups in total. The Morgan fingerprint density at radius 3 is 3.27 bits per heavy atom. The van der Waals surface area contributed by atoms with Gasteiger partial charge in [-0.15, -0.1) is 0 Å². The Labute approximate surface area is 86.5 Å². The summed E-state index contributed by atoms with van der Waals surface area (Å²) in [6.07, 6.45) is 3.89. The number of carbonyl (C=O) groups is 1. The lowest BCUT2D eigenvalue weighted by atomic mass is 10.3. The predicted molar refractivity (Wildman–Crippen MR) is 54.2 cm³/mol. The lowest BCUT2D eigenvalue weighted by Crippen LogP contribution is -2.12. The van der Waals surface area contributed by atoms with E-state index in [0.717, 1.165) is 6.42 Å². The molecule has 0 aliphatic heterocycles. The number of amides is 1. The summed E-state index contributed by atoms with van der Waals surface area (Å²) < 4.78 is 5.46. The SMILES string of the molecule is O=CNCCCc1nc2ncccc2o1. The van der Waals surface area contributed by atoms with Gasteiger partial charge in [0.25, 0.3) is 0 Å². The highest BCUT2D eigenvalue weighted by atomic mass is 16.3. The van der Waals surface area contributed by atoms with Crippen LogP contribution in [0.25, 0.3) is 11.2 Å². The summed E-state index contributed by atoms with van der Waals surface area (Å²) in [5.74, 6) is 0.663. The van der Waals surface area contributed by atoms with Crippen LogP contribution in [0.3, 0.4) is 0 Å². The first-order chi connectivity index (χ1) is 7.40. The van der Waals surface area contributed by atoms with Crippen molar-refractivity contribution in [2.75, 3.05) is 6.54 Å². The molecule has 1 amide bonds. The van der Waals surface area contributed by atoms with Crippen molar-refractivity contribution in [2.24, 2.45) is 0 Å². The maximum atomic E-state index is 10.00. The van der Waals surface area contributed by atoms with Gasteiger partial charge in [-0.3, -0.25) is 4.79 Å². The number of carbonyl (C=O) groups excluding carboxylic acids is 1. The van der Waals surface area contributed by atoms with Crippen LogP contribution in [-0.4, -0.2) is 22.9 Å². The summed E-state index contributed by atoms with van der Waals surface area (Å²) in [4.78, 5) is 18.3. The average Bonchev–Trinajstić information content (AvgIpc) is 2.67. The molecule has 2 heterocycles. The first kappa shape index (κ1) is 9.64. The van der Waals surface area contributed by atoms with Crippen LogP contribution in [0.15, 0.2) is 22.7 Å². The zero-order valence-electron chi connectivity index (χ0n) is 8.14. The van der Waals surface area contributed by atoms with Crippen molar-refractivity contribution in [1.29, 1.82) is 0 Å². The number of pyridine rings is 1. The van der Waals surface area contributed by atoms with Crippen LogP contribution in [0.4, 0.5) is 0 Å². The normalized spacial score (nSPS) is 10.4. The minimum Gasteiger partial charge on any atom is -0.439 e. The van der Waals surface area contributed by atoms with Crippen molar-refractivity contribution in [3.8, 4) is 0 Å². The number of fused-ring (bicyclic) bond motifs is 1. The maximum Gasteiger partial charge on any atom is 0.207 e. The van der Waals surface area contributed by atoms with Crippen LogP contribution >= 0.6 is 0 Å². The van der Waals surface area contributed by atoms with Gasteiger partial charge in [0.05, 0.1) is 0 Å². The minimum absolute atomic E-state index is 0.635. The molecule has 2 aromatic heterocycles. The van der Waals surface area contributed by atoms with Gasteiger partial charge in [0.1, 0.15) is 0 Å². The lowest BCUT2D eigenvalue weighted by Gasteiger charge is -1.94. The summed E-state index contributed by atoms with van der Waals surface area (Å²) in [6.45, 7) is 0.635. The Bertz CT molecular complexity index is 420. The van der Waals surface area contributed by atoms with E-state index in [0.29, 0.717) is 36.5 Å². The highest BCUT2D eigenvalue weighted by Crippen LogP contribution is 2.12. The molecule has 0 radical (unpaired) electrons. The lowest BCUT2D eigenvalue weighted by molar-refractivity contribution is -0.109. The standard InChI is InChI=1S/C10H11N3O2/c14-7-11-5-2-4-9-13-10-8(15-9)3-1-6-12-10/h1,3,6-7H,2,4-5H2,(H,11,14). The number of hydrogen-bond donors (Lipinski definition) is 1. The van der Waals surface area contributed by atoms with Gasteiger partial charge in [0, 0.05) is 19.2 Å². The smallest absolute Gasteiger partial charge is 0.207 e. The number of oxazole rings is 1. The molecule has 0 aliphatic carbocycles. The number of aromatic nitrogens is 2. The summed E-state index contributed by atoms with van der Waals surface area (Å²) in [6, 6.07) is 3.65. The van der Waals surface area contributed by atoms with E-state index in [4.69, 9.17) is 4.42 Å². The molecule has 0 aromatic carbocycles. The highest BCUT2D eigenvalue weighted by Gasteiger charge is 2.04. The monoisotopic (exact) mass is 205 g/mol. The third-order valence-electron chi connectivity index (χ3n) is 2.00. The molecule has 2 rings (SSSR count). The first-order valence-corrected chi connectivity index (χ1v) is 4.77. The molecule has 0 bridgehead atoms. The minimum atomic E-state index is 0.635. The summed E-state index contributed by atoms with van der Waals surface area (Å²) in [5, 5.41) is 2.59. The number of aryl methyl sites for hydroxylation is 1. The van der Waals surface area contributed by atoms with Crippen LogP contribution in [0.2, 0.25) is 0 Å². The van der Waals surface area contributed by atoms with Gasteiger partial charge in [-0.2, -0.15) is 4.98 Å². The van der Waals surface area contributed by atoms with E-state index in [-0.39, 0.29) is 0 Å². The quantitative estimate of drug-likeness (QED) is 0.581. The molecule has 15 heavy (non-hydrogen) atoms. The molecule has 0 atom stereocenters. The fourth-order valence-electron chi connectivity index (χ4n) is 1.32. The van der Waals surface area contributed by atoms with Gasteiger partial charge in [-0.1, -0.05) is 0 Å². The van der Waals surface area contributed by atoms with Crippen LogP contribution < -0.4 is 5.32 Å². The zero-order valence-corrected chi connectivity index (χ0v) is 8.14. The third-order valence-corrected chi connectivity index (χ3v) is 2.00. The average molecular weight is 205 g/mol. The van der Waals surface area contributed by atoms with Crippen LogP contribution in [0.5, 0.6) is 0 Å². The Morgan fingerprint density at radius 2 is 2.47 bits per heavy atom. The van der Waals surface area contributed by atoms with Gasteiger partial charge < -0.3 is 9.73 Å². The van der Waals surface area contributed by atoms with Gasteiger partial charge in [-0.25, -0.2) is 4.98 Å². The number of hydrogen-bond acceptors (Lipinski definition) is 4. The van der Waals surface area contributed by atoms with E-state index in [1.165, 1.54) is 0 Å². The Morgan fingerprint density at radius 1 is 1.53 bits per heavy atom. The molecule has 2 aromatic rings. The van der Waals surface area contributed by atoms with E-state index in [1.54, 1.807) is 6.20 Å². The van der Waals surface area contributed by atoms with E-state index in [9.17, 15) is 4.79 Å². The number of nitrogens with zero attached hydrogens (tertiary/aromatic N) is 2. The number of nitrogens with one attached hydrogen (secondary N) is 1. The molecule has 0 aliphatic rings. The highest BCUT2D eigenvalue weighted by molar-refractivity contribution is 5.66. The van der Waals surface area contributed by atoms with Crippen molar-refractivity contribution in [2.45, 2.75) is 12.8 Å². The molecule has 0 fully saturated rings. The third kappa shape index (κ3) is 2.31. The van der Waals surface area contributed by atoms with Crippen LogP contribution in [0, 0.1) is 0 Å². The Hall–Kier alpha value is -1.91. The van der Waals surface area contributed by atoms with Crippen molar-refractivity contribution < 1.29 is 9.21 Å². The van der Waals surface area contributed by atoms with Gasteiger partial charge in [0.15, 0.2) is 17.1 Å². The van der Waals surface area contributed by atoms with E-state index < -0.39 is 0 Å². The fourth-order valence-corrected chi connectivity index (χ4v) is 1.32. The molecule has 78 valence electrons. The predicted octanol–water partition coefficient (Wildman–Crippen LogP) is 0.901. The van der Waals surface area contributed by atoms with Crippen molar-refractivity contribution in [1.82, 2.24) is 15.3 Å². The molecular formula is C10H11N3O2. The second-order valence-electron chi connectivity index (χ2n) is 3.11. The Kier molecular flexibility index (Phi) is 2.92. The molecular weight excluding hydrogens is 194 g/mol. The van der Waals surface area contributed by atoms with Crippen molar-refractivity contribution >= 4 is 17.6 Å². The summed E-state index contributed by atoms with van der Waals surface area (Å²) in [5.41, 5.74) is 1.34. The zero-order chi connectivity index (χ0) is 10.5. The second-order valence-corrected chi connectivity index (χ2v) is 3.11.